The molecule has 126 valence electrons. The van der Waals surface area contributed by atoms with Gasteiger partial charge >= 0.3 is 5.97 Å². The minimum atomic E-state index is -0.763. The van der Waals surface area contributed by atoms with E-state index in [1.807, 2.05) is 20.8 Å². The Morgan fingerprint density at radius 1 is 1.36 bits per heavy atom. The molecule has 2 N–H and O–H groups in total. The molecule has 0 aromatic rings. The van der Waals surface area contributed by atoms with Crippen LogP contribution in [0.25, 0.3) is 0 Å². The van der Waals surface area contributed by atoms with Crippen molar-refractivity contribution in [3.8, 4) is 0 Å². The number of hydrogen-bond donors (Lipinski definition) is 2. The lowest BCUT2D eigenvalue weighted by molar-refractivity contribution is -0.146. The van der Waals surface area contributed by atoms with Crippen molar-refractivity contribution in [2.75, 3.05) is 13.7 Å². The van der Waals surface area contributed by atoms with Gasteiger partial charge in [0.2, 0.25) is 11.8 Å². The normalized spacial score (nSPS) is 21.0. The molecule has 0 unspecified atom stereocenters. The number of esters is 1. The van der Waals surface area contributed by atoms with E-state index in [2.05, 4.69) is 10.6 Å². The smallest absolute Gasteiger partial charge is 0.328 e. The molecule has 0 saturated carbocycles. The van der Waals surface area contributed by atoms with Gasteiger partial charge < -0.3 is 15.4 Å². The molecule has 1 heterocycles. The second-order valence-corrected chi connectivity index (χ2v) is 6.48. The zero-order valence-corrected chi connectivity index (χ0v) is 14.0. The molecule has 0 aromatic carbocycles. The van der Waals surface area contributed by atoms with Crippen LogP contribution in [-0.4, -0.2) is 37.5 Å². The van der Waals surface area contributed by atoms with E-state index in [4.69, 9.17) is 4.74 Å². The van der Waals surface area contributed by atoms with E-state index in [1.54, 1.807) is 0 Å². The fraction of sp³-hybridized carbons (Fsp3) is 0.812. The summed E-state index contributed by atoms with van der Waals surface area (Å²) < 4.78 is 4.77. The monoisotopic (exact) mass is 312 g/mol. The number of piperidine rings is 1. The van der Waals surface area contributed by atoms with Crippen molar-refractivity contribution in [2.45, 2.75) is 52.5 Å². The summed E-state index contributed by atoms with van der Waals surface area (Å²) in [6, 6.07) is -0.763. The molecule has 0 aromatic heterocycles. The SMILES string of the molecule is COC(=O)[C@H](C[C@@H]1CCCNC1=O)NC(=O)[C@@H](C)CC(C)C. The molecule has 22 heavy (non-hydrogen) atoms. The average Bonchev–Trinajstić information content (AvgIpc) is 2.47. The number of nitrogens with one attached hydrogen (secondary N) is 2. The number of rotatable bonds is 7. The Morgan fingerprint density at radius 2 is 2.05 bits per heavy atom. The lowest BCUT2D eigenvalue weighted by Crippen LogP contribution is -2.47. The van der Waals surface area contributed by atoms with Crippen LogP contribution in [0.3, 0.4) is 0 Å². The maximum absolute atomic E-state index is 12.2. The van der Waals surface area contributed by atoms with Crippen LogP contribution in [0.1, 0.15) is 46.5 Å². The molecule has 2 amide bonds. The van der Waals surface area contributed by atoms with Crippen LogP contribution < -0.4 is 10.6 Å². The number of methoxy groups -OCH3 is 1. The number of carbonyl (C=O) groups excluding carboxylic acids is 3. The Morgan fingerprint density at radius 3 is 2.59 bits per heavy atom. The summed E-state index contributed by atoms with van der Waals surface area (Å²) in [4.78, 5) is 35.9. The lowest BCUT2D eigenvalue weighted by Gasteiger charge is -2.26. The van der Waals surface area contributed by atoms with Gasteiger partial charge in [-0.15, -0.1) is 0 Å². The van der Waals surface area contributed by atoms with Crippen molar-refractivity contribution in [1.82, 2.24) is 10.6 Å². The standard InChI is InChI=1S/C16H28N2O4/c1-10(2)8-11(3)14(19)18-13(16(21)22-4)9-12-6-5-7-17-15(12)20/h10-13H,5-9H2,1-4H3,(H,17,20)(H,18,19)/t11-,12-,13-/m0/s1. The van der Waals surface area contributed by atoms with Crippen molar-refractivity contribution in [2.24, 2.45) is 17.8 Å². The van der Waals surface area contributed by atoms with Gasteiger partial charge in [-0.1, -0.05) is 20.8 Å². The highest BCUT2D eigenvalue weighted by molar-refractivity contribution is 5.86. The minimum absolute atomic E-state index is 0.0513. The summed E-state index contributed by atoms with van der Waals surface area (Å²) in [5.41, 5.74) is 0. The van der Waals surface area contributed by atoms with E-state index in [0.717, 1.165) is 19.3 Å². The van der Waals surface area contributed by atoms with Gasteiger partial charge in [0.25, 0.3) is 0 Å². The summed E-state index contributed by atoms with van der Waals surface area (Å²) in [6.07, 6.45) is 2.67. The fourth-order valence-electron chi connectivity index (χ4n) is 2.83. The van der Waals surface area contributed by atoms with E-state index < -0.39 is 12.0 Å². The first-order valence-corrected chi connectivity index (χ1v) is 8.01. The van der Waals surface area contributed by atoms with Crippen molar-refractivity contribution < 1.29 is 19.1 Å². The highest BCUT2D eigenvalue weighted by Gasteiger charge is 2.31. The molecule has 0 spiro atoms. The highest BCUT2D eigenvalue weighted by atomic mass is 16.5. The third-order valence-electron chi connectivity index (χ3n) is 3.99. The molecule has 1 aliphatic rings. The fourth-order valence-corrected chi connectivity index (χ4v) is 2.83. The van der Waals surface area contributed by atoms with E-state index in [9.17, 15) is 14.4 Å². The molecule has 1 fully saturated rings. The maximum atomic E-state index is 12.2. The Labute approximate surface area is 132 Å². The maximum Gasteiger partial charge on any atom is 0.328 e. The number of carbonyl (C=O) groups is 3. The molecule has 0 aliphatic carbocycles. The summed E-state index contributed by atoms with van der Waals surface area (Å²) in [7, 11) is 1.29. The van der Waals surface area contributed by atoms with Gasteiger partial charge in [-0.3, -0.25) is 9.59 Å². The Hall–Kier alpha value is -1.59. The average molecular weight is 312 g/mol. The Balaban J connectivity index is 2.66. The molecular weight excluding hydrogens is 284 g/mol. The van der Waals surface area contributed by atoms with Crippen LogP contribution in [0, 0.1) is 17.8 Å². The number of amides is 2. The molecule has 6 nitrogen and oxygen atoms in total. The predicted molar refractivity (Wildman–Crippen MR) is 82.9 cm³/mol. The van der Waals surface area contributed by atoms with Gasteiger partial charge in [0.1, 0.15) is 6.04 Å². The van der Waals surface area contributed by atoms with Crippen LogP contribution in [0.5, 0.6) is 0 Å². The van der Waals surface area contributed by atoms with Crippen LogP contribution in [0.2, 0.25) is 0 Å². The summed E-state index contributed by atoms with van der Waals surface area (Å²) >= 11 is 0. The zero-order valence-electron chi connectivity index (χ0n) is 14.0. The first-order valence-electron chi connectivity index (χ1n) is 8.01. The largest absolute Gasteiger partial charge is 0.467 e. The van der Waals surface area contributed by atoms with Crippen LogP contribution in [-0.2, 0) is 19.1 Å². The second kappa shape index (κ2) is 8.76. The Kier molecular flexibility index (Phi) is 7.35. The number of ether oxygens (including phenoxy) is 1. The van der Waals surface area contributed by atoms with Crippen molar-refractivity contribution in [1.29, 1.82) is 0 Å². The second-order valence-electron chi connectivity index (χ2n) is 6.48. The van der Waals surface area contributed by atoms with Crippen LogP contribution in [0.15, 0.2) is 0 Å². The number of hydrogen-bond acceptors (Lipinski definition) is 4. The molecule has 0 bridgehead atoms. The van der Waals surface area contributed by atoms with Gasteiger partial charge in [-0.2, -0.15) is 0 Å². The highest BCUT2D eigenvalue weighted by Crippen LogP contribution is 2.19. The van der Waals surface area contributed by atoms with Gasteiger partial charge in [-0.25, -0.2) is 4.79 Å². The topological polar surface area (TPSA) is 84.5 Å². The predicted octanol–water partition coefficient (Wildman–Crippen LogP) is 1.24. The third kappa shape index (κ3) is 5.66. The summed E-state index contributed by atoms with van der Waals surface area (Å²) in [5.74, 6) is -0.735. The molecule has 1 aliphatic heterocycles. The molecule has 0 radical (unpaired) electrons. The molecule has 1 rings (SSSR count). The van der Waals surface area contributed by atoms with Crippen molar-refractivity contribution in [3.63, 3.8) is 0 Å². The van der Waals surface area contributed by atoms with E-state index in [1.165, 1.54) is 7.11 Å². The quantitative estimate of drug-likeness (QED) is 0.693. The van der Waals surface area contributed by atoms with Crippen molar-refractivity contribution in [3.05, 3.63) is 0 Å². The molecular formula is C16H28N2O4. The van der Waals surface area contributed by atoms with Crippen LogP contribution >= 0.6 is 0 Å². The van der Waals surface area contributed by atoms with E-state index in [0.29, 0.717) is 18.9 Å². The van der Waals surface area contributed by atoms with Gasteiger partial charge in [0.05, 0.1) is 7.11 Å². The summed E-state index contributed by atoms with van der Waals surface area (Å²) in [5, 5.41) is 5.54. The van der Waals surface area contributed by atoms with E-state index >= 15 is 0 Å². The van der Waals surface area contributed by atoms with Gasteiger partial charge in [0.15, 0.2) is 0 Å². The minimum Gasteiger partial charge on any atom is -0.467 e. The first-order chi connectivity index (χ1) is 10.3. The molecule has 6 heteroatoms. The molecule has 3 atom stereocenters. The lowest BCUT2D eigenvalue weighted by atomic mass is 9.91. The third-order valence-corrected chi connectivity index (χ3v) is 3.99. The Bertz CT molecular complexity index is 409. The zero-order chi connectivity index (χ0) is 16.7. The van der Waals surface area contributed by atoms with Gasteiger partial charge in [0, 0.05) is 18.4 Å². The van der Waals surface area contributed by atoms with E-state index in [-0.39, 0.29) is 23.7 Å². The summed E-state index contributed by atoms with van der Waals surface area (Å²) in [6.45, 7) is 6.62. The van der Waals surface area contributed by atoms with Crippen LogP contribution in [0.4, 0.5) is 0 Å². The molecule has 1 saturated heterocycles. The van der Waals surface area contributed by atoms with Gasteiger partial charge in [-0.05, 0) is 31.6 Å². The van der Waals surface area contributed by atoms with Crippen molar-refractivity contribution >= 4 is 17.8 Å². The first kappa shape index (κ1) is 18.5.